The highest BCUT2D eigenvalue weighted by Crippen LogP contribution is 2.31. The van der Waals surface area contributed by atoms with Gasteiger partial charge >= 0.3 is 0 Å². The maximum Gasteiger partial charge on any atom is 0.200 e. The highest BCUT2D eigenvalue weighted by atomic mass is 19.2. The Morgan fingerprint density at radius 1 is 0.789 bits per heavy atom. The van der Waals surface area contributed by atoms with E-state index in [2.05, 4.69) is 0 Å². The lowest BCUT2D eigenvalue weighted by Crippen LogP contribution is -2.04. The van der Waals surface area contributed by atoms with Crippen molar-refractivity contribution in [3.05, 3.63) is 58.9 Å². The number of hydrogen-bond acceptors (Lipinski definition) is 1. The third-order valence-corrected chi connectivity index (χ3v) is 2.49. The second kappa shape index (κ2) is 4.69. The quantitative estimate of drug-likeness (QED) is 0.437. The van der Waals surface area contributed by atoms with Gasteiger partial charge in [0.15, 0.2) is 23.3 Å². The molecule has 0 aliphatic carbocycles. The Morgan fingerprint density at radius 2 is 1.32 bits per heavy atom. The maximum absolute atomic E-state index is 13.5. The number of benzene rings is 2. The van der Waals surface area contributed by atoms with Gasteiger partial charge in [0.25, 0.3) is 0 Å². The van der Waals surface area contributed by atoms with Crippen LogP contribution in [0.5, 0.6) is 0 Å². The highest BCUT2D eigenvalue weighted by molar-refractivity contribution is 5.67. The van der Waals surface area contributed by atoms with Crippen LogP contribution in [0, 0.1) is 40.4 Å². The monoisotopic (exact) mass is 269 g/mol. The van der Waals surface area contributed by atoms with Crippen molar-refractivity contribution in [2.75, 3.05) is 0 Å². The summed E-state index contributed by atoms with van der Waals surface area (Å²) in [6.07, 6.45) is 0. The van der Waals surface area contributed by atoms with Gasteiger partial charge in [0.1, 0.15) is 0 Å². The van der Waals surface area contributed by atoms with Crippen LogP contribution in [0.1, 0.15) is 5.56 Å². The molecule has 0 saturated carbocycles. The van der Waals surface area contributed by atoms with E-state index in [0.717, 1.165) is 12.1 Å². The summed E-state index contributed by atoms with van der Waals surface area (Å²) < 4.78 is 66.0. The van der Waals surface area contributed by atoms with Crippen molar-refractivity contribution in [2.45, 2.75) is 0 Å². The molecule has 0 bridgehead atoms. The minimum Gasteiger partial charge on any atom is -0.203 e. The number of rotatable bonds is 1. The van der Waals surface area contributed by atoms with Crippen molar-refractivity contribution in [2.24, 2.45) is 0 Å². The molecule has 0 amide bonds. The fraction of sp³-hybridized carbons (Fsp3) is 0. The normalized spacial score (nSPS) is 10.3. The smallest absolute Gasteiger partial charge is 0.200 e. The van der Waals surface area contributed by atoms with Crippen molar-refractivity contribution in [3.8, 4) is 17.2 Å². The van der Waals surface area contributed by atoms with E-state index in [-0.39, 0.29) is 11.1 Å². The van der Waals surface area contributed by atoms with Crippen molar-refractivity contribution < 1.29 is 22.0 Å². The molecule has 0 radical (unpaired) electrons. The third kappa shape index (κ3) is 2.03. The highest BCUT2D eigenvalue weighted by Gasteiger charge is 2.26. The van der Waals surface area contributed by atoms with Gasteiger partial charge in [-0.05, 0) is 17.7 Å². The Kier molecular flexibility index (Phi) is 3.21. The van der Waals surface area contributed by atoms with Crippen LogP contribution < -0.4 is 0 Å². The van der Waals surface area contributed by atoms with E-state index in [4.69, 9.17) is 5.26 Å². The van der Waals surface area contributed by atoms with E-state index in [9.17, 15) is 22.0 Å². The lowest BCUT2D eigenvalue weighted by Gasteiger charge is -2.08. The Hall–Kier alpha value is -2.42. The first-order valence-corrected chi connectivity index (χ1v) is 4.99. The van der Waals surface area contributed by atoms with Gasteiger partial charge in [-0.25, -0.2) is 22.0 Å². The zero-order valence-corrected chi connectivity index (χ0v) is 9.15. The molecule has 0 aliphatic heterocycles. The predicted octanol–water partition coefficient (Wildman–Crippen LogP) is 3.92. The molecule has 0 aliphatic rings. The fourth-order valence-corrected chi connectivity index (χ4v) is 1.60. The lowest BCUT2D eigenvalue weighted by atomic mass is 10.0. The molecule has 0 fully saturated rings. The van der Waals surface area contributed by atoms with Crippen molar-refractivity contribution in [1.29, 1.82) is 5.26 Å². The molecule has 0 saturated heterocycles. The zero-order valence-electron chi connectivity index (χ0n) is 9.15. The summed E-state index contributed by atoms with van der Waals surface area (Å²) in [5.41, 5.74) is -1.26. The molecule has 6 heteroatoms. The third-order valence-electron chi connectivity index (χ3n) is 2.49. The molecule has 0 atom stereocenters. The van der Waals surface area contributed by atoms with Gasteiger partial charge in [-0.1, -0.05) is 12.1 Å². The van der Waals surface area contributed by atoms with Crippen LogP contribution in [0.2, 0.25) is 0 Å². The Balaban J connectivity index is 2.79. The molecule has 0 spiro atoms. The van der Waals surface area contributed by atoms with Crippen LogP contribution >= 0.6 is 0 Å². The molecule has 96 valence electrons. The second-order valence-corrected chi connectivity index (χ2v) is 3.64. The van der Waals surface area contributed by atoms with Crippen LogP contribution in [-0.2, 0) is 0 Å². The molecule has 0 N–H and O–H groups in total. The van der Waals surface area contributed by atoms with E-state index < -0.39 is 34.6 Å². The fourth-order valence-electron chi connectivity index (χ4n) is 1.60. The molecule has 2 rings (SSSR count). The van der Waals surface area contributed by atoms with Crippen LogP contribution in [0.4, 0.5) is 22.0 Å². The van der Waals surface area contributed by atoms with Crippen LogP contribution in [0.3, 0.4) is 0 Å². The van der Waals surface area contributed by atoms with E-state index in [1.54, 1.807) is 6.07 Å². The number of nitriles is 1. The molecular formula is C13H4F5N. The molecule has 19 heavy (non-hydrogen) atoms. The molecule has 0 heterocycles. The van der Waals surface area contributed by atoms with Gasteiger partial charge in [-0.3, -0.25) is 0 Å². The molecule has 0 unspecified atom stereocenters. The van der Waals surface area contributed by atoms with Crippen molar-refractivity contribution in [1.82, 2.24) is 0 Å². The standard InChI is InChI=1S/C13H4F5N/c14-9-8(7-3-1-2-6(4-7)5-19)10(15)12(17)13(18)11(9)16/h1-4H. The molecule has 0 aromatic heterocycles. The minimum atomic E-state index is -2.21. The minimum absolute atomic E-state index is 0.0430. The van der Waals surface area contributed by atoms with Gasteiger partial charge in [0, 0.05) is 0 Å². The molecule has 2 aromatic carbocycles. The Labute approximate surface area is 104 Å². The topological polar surface area (TPSA) is 23.8 Å². The summed E-state index contributed by atoms with van der Waals surface area (Å²) in [7, 11) is 0. The Morgan fingerprint density at radius 3 is 1.84 bits per heavy atom. The van der Waals surface area contributed by atoms with Crippen molar-refractivity contribution in [3.63, 3.8) is 0 Å². The molecule has 1 nitrogen and oxygen atoms in total. The van der Waals surface area contributed by atoms with Gasteiger partial charge in [-0.15, -0.1) is 0 Å². The average molecular weight is 269 g/mol. The van der Waals surface area contributed by atoms with Crippen LogP contribution in [-0.4, -0.2) is 0 Å². The van der Waals surface area contributed by atoms with Crippen LogP contribution in [0.25, 0.3) is 11.1 Å². The molecule has 2 aromatic rings. The van der Waals surface area contributed by atoms with E-state index in [1.165, 1.54) is 12.1 Å². The summed E-state index contributed by atoms with van der Waals surface area (Å²) in [5, 5.41) is 8.66. The maximum atomic E-state index is 13.5. The summed E-state index contributed by atoms with van der Waals surface area (Å²) in [6, 6.07) is 6.53. The van der Waals surface area contributed by atoms with Gasteiger partial charge in [-0.2, -0.15) is 5.26 Å². The number of hydrogen-bond donors (Lipinski definition) is 0. The number of halogens is 5. The lowest BCUT2D eigenvalue weighted by molar-refractivity contribution is 0.381. The first kappa shape index (κ1) is 13.0. The van der Waals surface area contributed by atoms with Gasteiger partial charge < -0.3 is 0 Å². The first-order chi connectivity index (χ1) is 8.97. The SMILES string of the molecule is N#Cc1cccc(-c2c(F)c(F)c(F)c(F)c2F)c1. The van der Waals surface area contributed by atoms with E-state index in [1.807, 2.05) is 0 Å². The van der Waals surface area contributed by atoms with Gasteiger partial charge in [0.2, 0.25) is 5.82 Å². The summed E-state index contributed by atoms with van der Waals surface area (Å²) in [6.45, 7) is 0. The number of nitrogens with zero attached hydrogens (tertiary/aromatic N) is 1. The predicted molar refractivity (Wildman–Crippen MR) is 56.4 cm³/mol. The summed E-state index contributed by atoms with van der Waals surface area (Å²) in [4.78, 5) is 0. The molecular weight excluding hydrogens is 265 g/mol. The first-order valence-electron chi connectivity index (χ1n) is 4.99. The average Bonchev–Trinajstić information content (AvgIpc) is 2.43. The van der Waals surface area contributed by atoms with Gasteiger partial charge in [0.05, 0.1) is 17.2 Å². The summed E-state index contributed by atoms with van der Waals surface area (Å²) in [5.74, 6) is -10.1. The van der Waals surface area contributed by atoms with E-state index in [0.29, 0.717) is 0 Å². The largest absolute Gasteiger partial charge is 0.203 e. The second-order valence-electron chi connectivity index (χ2n) is 3.64. The Bertz CT molecular complexity index is 674. The van der Waals surface area contributed by atoms with Crippen molar-refractivity contribution >= 4 is 0 Å². The van der Waals surface area contributed by atoms with Crippen LogP contribution in [0.15, 0.2) is 24.3 Å². The van der Waals surface area contributed by atoms with E-state index >= 15 is 0 Å². The summed E-state index contributed by atoms with van der Waals surface area (Å²) >= 11 is 0. The zero-order chi connectivity index (χ0) is 14.2.